The maximum absolute atomic E-state index is 11.8. The molecule has 0 saturated heterocycles. The van der Waals surface area contributed by atoms with Crippen LogP contribution in [0.5, 0.6) is 0 Å². The van der Waals surface area contributed by atoms with E-state index in [1.54, 1.807) is 11.1 Å². The van der Waals surface area contributed by atoms with Crippen molar-refractivity contribution in [1.29, 1.82) is 0 Å². The summed E-state index contributed by atoms with van der Waals surface area (Å²) in [6, 6.07) is 0. The van der Waals surface area contributed by atoms with Crippen molar-refractivity contribution in [2.45, 2.75) is 111 Å². The summed E-state index contributed by atoms with van der Waals surface area (Å²) in [5.74, 6) is 3.53. The molecule has 0 amide bonds. The Morgan fingerprint density at radius 1 is 1.03 bits per heavy atom. The highest BCUT2D eigenvalue weighted by Crippen LogP contribution is 2.66. The Bertz CT molecular complexity index is 678. The number of allylic oxidation sites excluding steroid dienone is 2. The lowest BCUT2D eigenvalue weighted by atomic mass is 9.49. The largest absolute Gasteiger partial charge is 0.392 e. The first-order chi connectivity index (χ1) is 14.2. The normalized spacial score (nSPS) is 44.4. The van der Waals surface area contributed by atoms with Crippen LogP contribution in [-0.2, 0) is 4.79 Å². The first-order valence-corrected chi connectivity index (χ1v) is 13.1. The second-order valence-electron chi connectivity index (χ2n) is 12.4. The molecule has 4 unspecified atom stereocenters. The Morgan fingerprint density at radius 2 is 1.80 bits per heavy atom. The molecule has 170 valence electrons. The van der Waals surface area contributed by atoms with Gasteiger partial charge in [-0.3, -0.25) is 0 Å². The van der Waals surface area contributed by atoms with Gasteiger partial charge in [-0.05, 0) is 91.8 Å². The number of aldehydes is 1. The average Bonchev–Trinajstić information content (AvgIpc) is 3.05. The third-order valence-electron chi connectivity index (χ3n) is 10.5. The van der Waals surface area contributed by atoms with E-state index in [2.05, 4.69) is 34.6 Å². The molecule has 30 heavy (non-hydrogen) atoms. The molecule has 1 N–H and O–H groups in total. The van der Waals surface area contributed by atoms with Gasteiger partial charge in [0.05, 0.1) is 6.10 Å². The van der Waals surface area contributed by atoms with Gasteiger partial charge >= 0.3 is 0 Å². The van der Waals surface area contributed by atoms with Crippen molar-refractivity contribution in [3.8, 4) is 0 Å². The third-order valence-corrected chi connectivity index (χ3v) is 10.5. The fourth-order valence-corrected chi connectivity index (χ4v) is 8.82. The summed E-state index contributed by atoms with van der Waals surface area (Å²) in [6.45, 7) is 12.3. The summed E-state index contributed by atoms with van der Waals surface area (Å²) in [6.07, 6.45) is 14.4. The second-order valence-corrected chi connectivity index (χ2v) is 12.4. The molecule has 4 aliphatic rings. The van der Waals surface area contributed by atoms with Gasteiger partial charge in [-0.25, -0.2) is 0 Å². The summed E-state index contributed by atoms with van der Waals surface area (Å²) in [5.41, 5.74) is 4.17. The van der Waals surface area contributed by atoms with Gasteiger partial charge in [-0.1, -0.05) is 65.0 Å². The Labute approximate surface area is 185 Å². The van der Waals surface area contributed by atoms with Gasteiger partial charge in [0.15, 0.2) is 0 Å². The molecule has 8 atom stereocenters. The smallest absolute Gasteiger partial charge is 0.125 e. The number of hydrogen-bond acceptors (Lipinski definition) is 2. The van der Waals surface area contributed by atoms with Crippen LogP contribution in [-0.4, -0.2) is 17.5 Å². The van der Waals surface area contributed by atoms with Crippen LogP contribution in [0.4, 0.5) is 0 Å². The third kappa shape index (κ3) is 3.54. The average molecular weight is 415 g/mol. The van der Waals surface area contributed by atoms with Crippen molar-refractivity contribution >= 4 is 6.29 Å². The highest BCUT2D eigenvalue weighted by molar-refractivity contribution is 5.57. The highest BCUT2D eigenvalue weighted by Gasteiger charge is 2.57. The highest BCUT2D eigenvalue weighted by atomic mass is 16.3. The molecule has 4 rings (SSSR count). The molecule has 2 heteroatoms. The molecule has 0 aromatic carbocycles. The fraction of sp³-hybridized carbons (Fsp3) is 0.893. The Balaban J connectivity index is 1.56. The van der Waals surface area contributed by atoms with Crippen molar-refractivity contribution in [2.75, 3.05) is 0 Å². The molecule has 0 heterocycles. The molecule has 0 spiro atoms. The van der Waals surface area contributed by atoms with E-state index in [1.165, 1.54) is 51.4 Å². The zero-order valence-electron chi connectivity index (χ0n) is 20.3. The number of hydrogen-bond donors (Lipinski definition) is 1. The summed E-state index contributed by atoms with van der Waals surface area (Å²) >= 11 is 0. The van der Waals surface area contributed by atoms with E-state index in [0.29, 0.717) is 11.3 Å². The molecule has 2 nitrogen and oxygen atoms in total. The van der Waals surface area contributed by atoms with Crippen LogP contribution in [0.3, 0.4) is 0 Å². The molecular weight excluding hydrogens is 368 g/mol. The molecule has 0 radical (unpaired) electrons. The van der Waals surface area contributed by atoms with Gasteiger partial charge in [0.25, 0.3) is 0 Å². The lowest BCUT2D eigenvalue weighted by Gasteiger charge is -2.56. The Hall–Kier alpha value is -0.630. The number of carbonyl (C=O) groups is 1. The number of fused-ring (bicyclic) bond motifs is 4. The van der Waals surface area contributed by atoms with Gasteiger partial charge in [0, 0.05) is 5.92 Å². The van der Waals surface area contributed by atoms with Gasteiger partial charge in [-0.2, -0.15) is 0 Å². The number of carbonyl (C=O) groups excluding carboxylic acids is 1. The first kappa shape index (κ1) is 22.6. The molecule has 0 aromatic rings. The van der Waals surface area contributed by atoms with Crippen LogP contribution >= 0.6 is 0 Å². The van der Waals surface area contributed by atoms with E-state index in [9.17, 15) is 9.90 Å². The Kier molecular flexibility index (Phi) is 6.30. The standard InChI is InChI=1S/C28H46O2/c1-18(2)7-6-8-19(3)22-11-12-23-20-9-10-24-21(17-29)26(30)14-16-28(24,5)25(20)13-15-27(22,23)4/h17-19,21-24,26,30H,6-16H2,1-5H3/t19?,21-,22?,23?,24?,26-,27+,28-/m0/s1. The van der Waals surface area contributed by atoms with Gasteiger partial charge in [0.2, 0.25) is 0 Å². The number of aliphatic hydroxyl groups excluding tert-OH is 1. The molecule has 2 saturated carbocycles. The van der Waals surface area contributed by atoms with Gasteiger partial charge in [-0.15, -0.1) is 0 Å². The van der Waals surface area contributed by atoms with Crippen molar-refractivity contribution < 1.29 is 9.90 Å². The minimum absolute atomic E-state index is 0.150. The van der Waals surface area contributed by atoms with Gasteiger partial charge < -0.3 is 9.90 Å². The topological polar surface area (TPSA) is 37.3 Å². The van der Waals surface area contributed by atoms with Crippen LogP contribution < -0.4 is 0 Å². The van der Waals surface area contributed by atoms with Crippen LogP contribution in [0, 0.1) is 46.3 Å². The van der Waals surface area contributed by atoms with E-state index in [1.807, 2.05) is 0 Å². The minimum atomic E-state index is -0.417. The minimum Gasteiger partial charge on any atom is -0.392 e. The second kappa shape index (κ2) is 8.38. The van der Waals surface area contributed by atoms with Crippen molar-refractivity contribution in [3.05, 3.63) is 11.1 Å². The van der Waals surface area contributed by atoms with Gasteiger partial charge in [0.1, 0.15) is 6.29 Å². The SMILES string of the molecule is CC(C)CCCC(C)C1CCC2C3=C(CC[C@@]21C)[C@@]1(C)CC[C@H](O)[C@@H](C=O)C1CC3. The monoisotopic (exact) mass is 414 g/mol. The van der Waals surface area contributed by atoms with Crippen LogP contribution in [0.1, 0.15) is 105 Å². The predicted octanol–water partition coefficient (Wildman–Crippen LogP) is 6.96. The summed E-state index contributed by atoms with van der Waals surface area (Å²) in [4.78, 5) is 11.8. The first-order valence-electron chi connectivity index (χ1n) is 13.1. The number of aliphatic hydroxyl groups is 1. The summed E-state index contributed by atoms with van der Waals surface area (Å²) in [5, 5.41) is 10.5. The van der Waals surface area contributed by atoms with E-state index in [4.69, 9.17) is 0 Å². The molecule has 0 bridgehead atoms. The molecule has 2 fully saturated rings. The zero-order valence-corrected chi connectivity index (χ0v) is 20.3. The van der Waals surface area contributed by atoms with Crippen molar-refractivity contribution in [3.63, 3.8) is 0 Å². The van der Waals surface area contributed by atoms with Crippen LogP contribution in [0.15, 0.2) is 11.1 Å². The lowest BCUT2D eigenvalue weighted by Crippen LogP contribution is -2.50. The molecule has 0 aliphatic heterocycles. The van der Waals surface area contributed by atoms with E-state index in [-0.39, 0.29) is 11.3 Å². The maximum Gasteiger partial charge on any atom is 0.125 e. The molecule has 0 aromatic heterocycles. The van der Waals surface area contributed by atoms with E-state index < -0.39 is 6.10 Å². The summed E-state index contributed by atoms with van der Waals surface area (Å²) in [7, 11) is 0. The van der Waals surface area contributed by atoms with Crippen LogP contribution in [0.25, 0.3) is 0 Å². The van der Waals surface area contributed by atoms with Crippen molar-refractivity contribution in [2.24, 2.45) is 46.3 Å². The van der Waals surface area contributed by atoms with E-state index in [0.717, 1.165) is 49.2 Å². The van der Waals surface area contributed by atoms with Crippen LogP contribution in [0.2, 0.25) is 0 Å². The molecular formula is C28H46O2. The fourth-order valence-electron chi connectivity index (χ4n) is 8.82. The molecule has 4 aliphatic carbocycles. The maximum atomic E-state index is 11.8. The number of rotatable bonds is 6. The quantitative estimate of drug-likeness (QED) is 0.377. The summed E-state index contributed by atoms with van der Waals surface area (Å²) < 4.78 is 0. The zero-order chi connectivity index (χ0) is 21.7. The van der Waals surface area contributed by atoms with E-state index >= 15 is 0 Å². The van der Waals surface area contributed by atoms with Crippen molar-refractivity contribution in [1.82, 2.24) is 0 Å². The predicted molar refractivity (Wildman–Crippen MR) is 124 cm³/mol. The Morgan fingerprint density at radius 3 is 2.50 bits per heavy atom. The lowest BCUT2D eigenvalue weighted by molar-refractivity contribution is -0.123.